The second kappa shape index (κ2) is 3.35. The highest BCUT2D eigenvalue weighted by molar-refractivity contribution is 5.85. The standard InChI is InChI=1S/C14H14N2O/c1-9-10(2)16-13-4-3-11(5-12(9)13)14(6-15)7-17-8-14/h3-5,16H,7-8H2,1-2H3. The van der Waals surface area contributed by atoms with Gasteiger partial charge in [0.2, 0.25) is 0 Å². The van der Waals surface area contributed by atoms with Gasteiger partial charge in [-0.2, -0.15) is 5.26 Å². The molecule has 1 aromatic carbocycles. The quantitative estimate of drug-likeness (QED) is 0.812. The molecule has 1 N–H and O–H groups in total. The van der Waals surface area contributed by atoms with Gasteiger partial charge in [-0.3, -0.25) is 0 Å². The molecule has 1 saturated heterocycles. The fourth-order valence-corrected chi connectivity index (χ4v) is 2.36. The van der Waals surface area contributed by atoms with Gasteiger partial charge in [0.1, 0.15) is 5.41 Å². The van der Waals surface area contributed by atoms with Crippen LogP contribution in [0.4, 0.5) is 0 Å². The number of nitrogens with zero attached hydrogens (tertiary/aromatic N) is 1. The number of aromatic amines is 1. The van der Waals surface area contributed by atoms with E-state index >= 15 is 0 Å². The van der Waals surface area contributed by atoms with Gasteiger partial charge in [-0.1, -0.05) is 6.07 Å². The van der Waals surface area contributed by atoms with Crippen LogP contribution in [0.1, 0.15) is 16.8 Å². The molecule has 0 atom stereocenters. The third-order valence-electron chi connectivity index (χ3n) is 3.77. The Balaban J connectivity index is 2.20. The van der Waals surface area contributed by atoms with E-state index < -0.39 is 5.41 Å². The van der Waals surface area contributed by atoms with Crippen LogP contribution in [0.15, 0.2) is 18.2 Å². The van der Waals surface area contributed by atoms with Crippen molar-refractivity contribution in [1.82, 2.24) is 4.98 Å². The Labute approximate surface area is 100 Å². The number of ether oxygens (including phenoxy) is 1. The lowest BCUT2D eigenvalue weighted by Gasteiger charge is -2.35. The van der Waals surface area contributed by atoms with Crippen molar-refractivity contribution >= 4 is 10.9 Å². The lowest BCUT2D eigenvalue weighted by atomic mass is 9.79. The molecule has 86 valence electrons. The van der Waals surface area contributed by atoms with E-state index in [2.05, 4.69) is 37.0 Å². The fourth-order valence-electron chi connectivity index (χ4n) is 2.36. The number of rotatable bonds is 1. The highest BCUT2D eigenvalue weighted by Gasteiger charge is 2.40. The average Bonchev–Trinajstić information content (AvgIpc) is 2.55. The molecule has 2 aromatic rings. The van der Waals surface area contributed by atoms with E-state index in [4.69, 9.17) is 4.74 Å². The second-order valence-electron chi connectivity index (χ2n) is 4.82. The van der Waals surface area contributed by atoms with E-state index in [1.807, 2.05) is 6.07 Å². The molecule has 0 aliphatic carbocycles. The van der Waals surface area contributed by atoms with Crippen LogP contribution in [0, 0.1) is 25.2 Å². The molecule has 17 heavy (non-hydrogen) atoms. The van der Waals surface area contributed by atoms with E-state index in [9.17, 15) is 5.26 Å². The number of hydrogen-bond donors (Lipinski definition) is 1. The van der Waals surface area contributed by atoms with Crippen molar-refractivity contribution in [2.45, 2.75) is 19.3 Å². The molecule has 1 aliphatic rings. The monoisotopic (exact) mass is 226 g/mol. The molecule has 3 heteroatoms. The van der Waals surface area contributed by atoms with Crippen molar-refractivity contribution in [2.75, 3.05) is 13.2 Å². The SMILES string of the molecule is Cc1[nH]c2ccc(C3(C#N)COC3)cc2c1C. The minimum Gasteiger partial charge on any atom is -0.377 e. The second-order valence-corrected chi connectivity index (χ2v) is 4.82. The molecular formula is C14H14N2O. The zero-order valence-corrected chi connectivity index (χ0v) is 10.0. The minimum absolute atomic E-state index is 0.425. The van der Waals surface area contributed by atoms with Gasteiger partial charge in [-0.15, -0.1) is 0 Å². The van der Waals surface area contributed by atoms with Gasteiger partial charge < -0.3 is 9.72 Å². The summed E-state index contributed by atoms with van der Waals surface area (Å²) in [6.45, 7) is 5.20. The summed E-state index contributed by atoms with van der Waals surface area (Å²) < 4.78 is 5.20. The summed E-state index contributed by atoms with van der Waals surface area (Å²) in [4.78, 5) is 3.35. The van der Waals surface area contributed by atoms with Gasteiger partial charge in [-0.25, -0.2) is 0 Å². The minimum atomic E-state index is -0.425. The van der Waals surface area contributed by atoms with Crippen LogP contribution in [0.2, 0.25) is 0 Å². The molecule has 2 heterocycles. The zero-order chi connectivity index (χ0) is 12.0. The molecule has 0 radical (unpaired) electrons. The van der Waals surface area contributed by atoms with E-state index in [-0.39, 0.29) is 0 Å². The first-order valence-electron chi connectivity index (χ1n) is 5.75. The van der Waals surface area contributed by atoms with Crippen LogP contribution in [-0.2, 0) is 10.2 Å². The third kappa shape index (κ3) is 1.31. The molecule has 3 rings (SSSR count). The predicted octanol–water partition coefficient (Wildman–Crippen LogP) is 2.58. The Kier molecular flexibility index (Phi) is 2.04. The normalized spacial score (nSPS) is 17.7. The van der Waals surface area contributed by atoms with E-state index in [0.717, 1.165) is 11.1 Å². The average molecular weight is 226 g/mol. The Morgan fingerprint density at radius 2 is 2.12 bits per heavy atom. The number of benzene rings is 1. The van der Waals surface area contributed by atoms with Gasteiger partial charge in [0.25, 0.3) is 0 Å². The fraction of sp³-hybridized carbons (Fsp3) is 0.357. The summed E-state index contributed by atoms with van der Waals surface area (Å²) >= 11 is 0. The van der Waals surface area contributed by atoms with E-state index in [0.29, 0.717) is 13.2 Å². The van der Waals surface area contributed by atoms with Crippen LogP contribution in [-0.4, -0.2) is 18.2 Å². The largest absolute Gasteiger partial charge is 0.377 e. The summed E-state index contributed by atoms with van der Waals surface area (Å²) in [7, 11) is 0. The molecular weight excluding hydrogens is 212 g/mol. The molecule has 0 bridgehead atoms. The highest BCUT2D eigenvalue weighted by atomic mass is 16.5. The van der Waals surface area contributed by atoms with Crippen LogP contribution >= 0.6 is 0 Å². The summed E-state index contributed by atoms with van der Waals surface area (Å²) in [6, 6.07) is 8.60. The van der Waals surface area contributed by atoms with Crippen LogP contribution < -0.4 is 0 Å². The van der Waals surface area contributed by atoms with Gasteiger partial charge in [0.15, 0.2) is 0 Å². The van der Waals surface area contributed by atoms with Gasteiger partial charge in [0.05, 0.1) is 19.3 Å². The summed E-state index contributed by atoms with van der Waals surface area (Å²) in [5.41, 5.74) is 4.23. The van der Waals surface area contributed by atoms with Crippen molar-refractivity contribution in [3.05, 3.63) is 35.0 Å². The van der Waals surface area contributed by atoms with Crippen molar-refractivity contribution < 1.29 is 4.74 Å². The first-order valence-corrected chi connectivity index (χ1v) is 5.75. The number of hydrogen-bond acceptors (Lipinski definition) is 2. The lowest BCUT2D eigenvalue weighted by Crippen LogP contribution is -2.45. The Hall–Kier alpha value is -1.79. The zero-order valence-electron chi connectivity index (χ0n) is 10.0. The maximum Gasteiger partial charge on any atom is 0.129 e. The molecule has 0 amide bonds. The lowest BCUT2D eigenvalue weighted by molar-refractivity contribution is -0.0297. The molecule has 0 saturated carbocycles. The molecule has 1 aromatic heterocycles. The summed E-state index contributed by atoms with van der Waals surface area (Å²) in [6.07, 6.45) is 0. The number of aromatic nitrogens is 1. The van der Waals surface area contributed by atoms with Crippen LogP contribution in [0.3, 0.4) is 0 Å². The van der Waals surface area contributed by atoms with Crippen molar-refractivity contribution in [3.8, 4) is 6.07 Å². The number of aryl methyl sites for hydroxylation is 2. The Morgan fingerprint density at radius 1 is 1.35 bits per heavy atom. The predicted molar refractivity (Wildman–Crippen MR) is 65.9 cm³/mol. The molecule has 0 unspecified atom stereocenters. The van der Waals surface area contributed by atoms with E-state index in [1.165, 1.54) is 16.6 Å². The summed E-state index contributed by atoms with van der Waals surface area (Å²) in [5.74, 6) is 0. The van der Waals surface area contributed by atoms with Crippen LogP contribution in [0.25, 0.3) is 10.9 Å². The van der Waals surface area contributed by atoms with Gasteiger partial charge in [0, 0.05) is 16.6 Å². The van der Waals surface area contributed by atoms with Crippen molar-refractivity contribution in [3.63, 3.8) is 0 Å². The number of fused-ring (bicyclic) bond motifs is 1. The third-order valence-corrected chi connectivity index (χ3v) is 3.77. The van der Waals surface area contributed by atoms with Crippen molar-refractivity contribution in [1.29, 1.82) is 5.26 Å². The maximum absolute atomic E-state index is 9.30. The van der Waals surface area contributed by atoms with Crippen molar-refractivity contribution in [2.24, 2.45) is 0 Å². The molecule has 1 aliphatic heterocycles. The van der Waals surface area contributed by atoms with Gasteiger partial charge in [-0.05, 0) is 37.1 Å². The molecule has 1 fully saturated rings. The summed E-state index contributed by atoms with van der Waals surface area (Å²) in [5, 5.41) is 10.5. The van der Waals surface area contributed by atoms with Gasteiger partial charge >= 0.3 is 0 Å². The number of H-pyrrole nitrogens is 1. The number of nitriles is 1. The smallest absolute Gasteiger partial charge is 0.129 e. The Bertz CT molecular complexity index is 629. The van der Waals surface area contributed by atoms with Crippen LogP contribution in [0.5, 0.6) is 0 Å². The maximum atomic E-state index is 9.30. The topological polar surface area (TPSA) is 48.8 Å². The highest BCUT2D eigenvalue weighted by Crippen LogP contribution is 2.34. The number of nitrogens with one attached hydrogen (secondary N) is 1. The van der Waals surface area contributed by atoms with E-state index in [1.54, 1.807) is 0 Å². The first kappa shape index (κ1) is 10.4. The Morgan fingerprint density at radius 3 is 2.71 bits per heavy atom. The first-order chi connectivity index (χ1) is 8.16. The molecule has 0 spiro atoms. The molecule has 3 nitrogen and oxygen atoms in total.